The third kappa shape index (κ3) is 3.33. The Kier molecular flexibility index (Phi) is 4.93. The molecule has 1 amide bonds. The highest BCUT2D eigenvalue weighted by Crippen LogP contribution is 2.45. The molecule has 0 saturated heterocycles. The van der Waals surface area contributed by atoms with Crippen LogP contribution in [0.5, 0.6) is 0 Å². The minimum atomic E-state index is -0.814. The molecule has 1 aromatic rings. The van der Waals surface area contributed by atoms with Gasteiger partial charge in [0, 0.05) is 13.0 Å². The van der Waals surface area contributed by atoms with Gasteiger partial charge in [-0.15, -0.1) is 0 Å². The number of benzene rings is 1. The molecule has 0 heterocycles. The molecule has 2 fully saturated rings. The number of carboxylic acid groups (broad SMARTS) is 1. The summed E-state index contributed by atoms with van der Waals surface area (Å²) in [6.07, 6.45) is 5.91. The van der Waals surface area contributed by atoms with Crippen LogP contribution in [0.4, 0.5) is 0 Å². The third-order valence-corrected chi connectivity index (χ3v) is 6.00. The summed E-state index contributed by atoms with van der Waals surface area (Å²) in [5.41, 5.74) is 0.300. The lowest BCUT2D eigenvalue weighted by Gasteiger charge is -2.41. The maximum Gasteiger partial charge on any atom is 0.310 e. The van der Waals surface area contributed by atoms with E-state index in [2.05, 4.69) is 6.92 Å². The van der Waals surface area contributed by atoms with Gasteiger partial charge in [0.15, 0.2) is 0 Å². The van der Waals surface area contributed by atoms with Crippen LogP contribution in [-0.4, -0.2) is 28.4 Å². The predicted octanol–water partition coefficient (Wildman–Crippen LogP) is 4.02. The molecule has 2 aliphatic rings. The minimum absolute atomic E-state index is 0.000327. The standard InChI is InChI=1S/C20H27NO3/c1-15(17-9-3-2-4-10-17)21(14-16-7-5-8-16)18(22)13-20(19(23)24)11-6-12-20/h2-4,9-10,15-16H,5-8,11-14H2,1H3,(H,23,24). The lowest BCUT2D eigenvalue weighted by atomic mass is 9.66. The Balaban J connectivity index is 1.76. The summed E-state index contributed by atoms with van der Waals surface area (Å²) >= 11 is 0. The number of hydrogen-bond acceptors (Lipinski definition) is 2. The van der Waals surface area contributed by atoms with Crippen LogP contribution in [0.3, 0.4) is 0 Å². The van der Waals surface area contributed by atoms with E-state index < -0.39 is 11.4 Å². The second kappa shape index (κ2) is 6.96. The smallest absolute Gasteiger partial charge is 0.310 e. The number of hydrogen-bond donors (Lipinski definition) is 1. The molecule has 4 heteroatoms. The minimum Gasteiger partial charge on any atom is -0.481 e. The fourth-order valence-corrected chi connectivity index (χ4v) is 3.80. The molecule has 24 heavy (non-hydrogen) atoms. The van der Waals surface area contributed by atoms with Gasteiger partial charge in [-0.2, -0.15) is 0 Å². The average molecular weight is 329 g/mol. The Labute approximate surface area is 143 Å². The van der Waals surface area contributed by atoms with Gasteiger partial charge in [0.25, 0.3) is 0 Å². The first kappa shape index (κ1) is 17.0. The molecule has 2 aliphatic carbocycles. The van der Waals surface area contributed by atoms with Gasteiger partial charge < -0.3 is 10.0 Å². The summed E-state index contributed by atoms with van der Waals surface area (Å²) < 4.78 is 0. The number of aliphatic carboxylic acids is 1. The van der Waals surface area contributed by atoms with E-state index in [1.807, 2.05) is 35.2 Å². The van der Waals surface area contributed by atoms with Crippen LogP contribution >= 0.6 is 0 Å². The first-order valence-corrected chi connectivity index (χ1v) is 9.10. The normalized spacial score (nSPS) is 20.5. The summed E-state index contributed by atoms with van der Waals surface area (Å²) in [6, 6.07) is 10.0. The van der Waals surface area contributed by atoms with E-state index in [4.69, 9.17) is 0 Å². The summed E-state index contributed by atoms with van der Waals surface area (Å²) in [5, 5.41) is 9.54. The van der Waals surface area contributed by atoms with Gasteiger partial charge in [0.1, 0.15) is 0 Å². The van der Waals surface area contributed by atoms with Crippen molar-refractivity contribution < 1.29 is 14.7 Å². The van der Waals surface area contributed by atoms with Crippen molar-refractivity contribution in [2.75, 3.05) is 6.54 Å². The van der Waals surface area contributed by atoms with Crippen molar-refractivity contribution in [1.82, 2.24) is 4.90 Å². The van der Waals surface area contributed by atoms with E-state index in [1.54, 1.807) is 0 Å². The van der Waals surface area contributed by atoms with Crippen molar-refractivity contribution >= 4 is 11.9 Å². The predicted molar refractivity (Wildman–Crippen MR) is 92.4 cm³/mol. The van der Waals surface area contributed by atoms with E-state index >= 15 is 0 Å². The zero-order valence-corrected chi connectivity index (χ0v) is 14.4. The van der Waals surface area contributed by atoms with Crippen molar-refractivity contribution in [2.24, 2.45) is 11.3 Å². The van der Waals surface area contributed by atoms with Gasteiger partial charge in [-0.1, -0.05) is 43.2 Å². The van der Waals surface area contributed by atoms with Crippen LogP contribution in [0.15, 0.2) is 30.3 Å². The Morgan fingerprint density at radius 3 is 2.33 bits per heavy atom. The van der Waals surface area contributed by atoms with Crippen LogP contribution in [0.25, 0.3) is 0 Å². The van der Waals surface area contributed by atoms with Crippen molar-refractivity contribution in [2.45, 2.75) is 57.9 Å². The van der Waals surface area contributed by atoms with E-state index in [9.17, 15) is 14.7 Å². The van der Waals surface area contributed by atoms with Gasteiger partial charge >= 0.3 is 5.97 Å². The highest BCUT2D eigenvalue weighted by Gasteiger charge is 2.47. The van der Waals surface area contributed by atoms with Gasteiger partial charge in [-0.25, -0.2) is 0 Å². The SMILES string of the molecule is CC(c1ccccc1)N(CC1CCC1)C(=O)CC1(C(=O)O)CCC1. The largest absolute Gasteiger partial charge is 0.481 e. The second-order valence-corrected chi connectivity index (χ2v) is 7.55. The molecule has 0 aliphatic heterocycles. The molecule has 0 spiro atoms. The molecule has 2 saturated carbocycles. The first-order chi connectivity index (χ1) is 11.5. The van der Waals surface area contributed by atoms with Gasteiger partial charge in [0.05, 0.1) is 11.5 Å². The number of carbonyl (C=O) groups is 2. The Hall–Kier alpha value is -1.84. The van der Waals surface area contributed by atoms with Crippen molar-refractivity contribution in [3.8, 4) is 0 Å². The van der Waals surface area contributed by atoms with Gasteiger partial charge in [0.2, 0.25) is 5.91 Å². The monoisotopic (exact) mass is 329 g/mol. The van der Waals surface area contributed by atoms with Crippen LogP contribution in [-0.2, 0) is 9.59 Å². The highest BCUT2D eigenvalue weighted by molar-refractivity contribution is 5.86. The Morgan fingerprint density at radius 1 is 1.21 bits per heavy atom. The highest BCUT2D eigenvalue weighted by atomic mass is 16.4. The Bertz CT molecular complexity index is 590. The second-order valence-electron chi connectivity index (χ2n) is 7.55. The van der Waals surface area contributed by atoms with E-state index in [-0.39, 0.29) is 18.4 Å². The van der Waals surface area contributed by atoms with Gasteiger partial charge in [-0.3, -0.25) is 9.59 Å². The fraction of sp³-hybridized carbons (Fsp3) is 0.600. The van der Waals surface area contributed by atoms with Crippen molar-refractivity contribution in [1.29, 1.82) is 0 Å². The molecular weight excluding hydrogens is 302 g/mol. The van der Waals surface area contributed by atoms with E-state index in [1.165, 1.54) is 19.3 Å². The lowest BCUT2D eigenvalue weighted by Crippen LogP contribution is -2.46. The number of amides is 1. The molecule has 3 rings (SSSR count). The number of nitrogens with zero attached hydrogens (tertiary/aromatic N) is 1. The quantitative estimate of drug-likeness (QED) is 0.822. The van der Waals surface area contributed by atoms with Gasteiger partial charge in [-0.05, 0) is 44.1 Å². The zero-order chi connectivity index (χ0) is 17.2. The lowest BCUT2D eigenvalue weighted by molar-refractivity contribution is -0.160. The summed E-state index contributed by atoms with van der Waals surface area (Å²) in [5.74, 6) is -0.235. The molecule has 0 radical (unpaired) electrons. The topological polar surface area (TPSA) is 57.6 Å². The molecule has 4 nitrogen and oxygen atoms in total. The zero-order valence-electron chi connectivity index (χ0n) is 14.4. The van der Waals surface area contributed by atoms with Crippen LogP contribution in [0, 0.1) is 11.3 Å². The van der Waals surface area contributed by atoms with Crippen LogP contribution < -0.4 is 0 Å². The molecule has 0 aromatic heterocycles. The van der Waals surface area contributed by atoms with E-state index in [0.717, 1.165) is 18.5 Å². The average Bonchev–Trinajstić information content (AvgIpc) is 2.49. The third-order valence-electron chi connectivity index (χ3n) is 6.00. The van der Waals surface area contributed by atoms with Crippen molar-refractivity contribution in [3.05, 3.63) is 35.9 Å². The molecule has 130 valence electrons. The maximum atomic E-state index is 13.0. The summed E-state index contributed by atoms with van der Waals surface area (Å²) in [7, 11) is 0. The van der Waals surface area contributed by atoms with Crippen LogP contribution in [0.1, 0.15) is 63.5 Å². The van der Waals surface area contributed by atoms with Crippen LogP contribution in [0.2, 0.25) is 0 Å². The first-order valence-electron chi connectivity index (χ1n) is 9.10. The van der Waals surface area contributed by atoms with E-state index in [0.29, 0.717) is 18.8 Å². The molecule has 0 bridgehead atoms. The Morgan fingerprint density at radius 2 is 1.88 bits per heavy atom. The molecule has 1 atom stereocenters. The molecule has 1 aromatic carbocycles. The number of carbonyl (C=O) groups excluding carboxylic acids is 1. The summed E-state index contributed by atoms with van der Waals surface area (Å²) in [6.45, 7) is 2.81. The maximum absolute atomic E-state index is 13.0. The number of rotatable bonds is 7. The summed E-state index contributed by atoms with van der Waals surface area (Å²) in [4.78, 5) is 26.6. The van der Waals surface area contributed by atoms with Crippen molar-refractivity contribution in [3.63, 3.8) is 0 Å². The molecule has 1 unspecified atom stereocenters. The number of carboxylic acids is 1. The molecular formula is C20H27NO3. The molecule has 1 N–H and O–H groups in total. The fourth-order valence-electron chi connectivity index (χ4n) is 3.80.